The predicted octanol–water partition coefficient (Wildman–Crippen LogP) is 4.79. The zero-order chi connectivity index (χ0) is 15.6. The van der Waals surface area contributed by atoms with E-state index < -0.39 is 4.92 Å². The molecule has 0 bridgehead atoms. The van der Waals surface area contributed by atoms with Gasteiger partial charge in [-0.15, -0.1) is 0 Å². The summed E-state index contributed by atoms with van der Waals surface area (Å²) in [7, 11) is 0. The lowest BCUT2D eigenvalue weighted by Crippen LogP contribution is -2.06. The van der Waals surface area contributed by atoms with Gasteiger partial charge in [0.25, 0.3) is 5.69 Å². The first-order chi connectivity index (χ1) is 9.88. The third-order valence-corrected chi connectivity index (χ3v) is 3.69. The zero-order valence-electron chi connectivity index (χ0n) is 12.2. The average Bonchev–Trinajstić information content (AvgIpc) is 2.38. The summed E-state index contributed by atoms with van der Waals surface area (Å²) in [4.78, 5) is 10.6. The molecule has 0 saturated carbocycles. The summed E-state index contributed by atoms with van der Waals surface area (Å²) >= 11 is 5.81. The van der Waals surface area contributed by atoms with Crippen molar-refractivity contribution in [3.8, 4) is 0 Å². The molecule has 0 aliphatic rings. The van der Waals surface area contributed by atoms with Crippen LogP contribution >= 0.6 is 11.6 Å². The van der Waals surface area contributed by atoms with E-state index >= 15 is 0 Å². The maximum Gasteiger partial charge on any atom is 0.293 e. The van der Waals surface area contributed by atoms with Crippen molar-refractivity contribution in [2.45, 2.75) is 27.3 Å². The topological polar surface area (TPSA) is 55.2 Å². The van der Waals surface area contributed by atoms with E-state index in [0.717, 1.165) is 5.56 Å². The maximum absolute atomic E-state index is 11.1. The Morgan fingerprint density at radius 2 is 1.76 bits per heavy atom. The molecule has 2 aromatic rings. The number of aryl methyl sites for hydroxylation is 3. The molecule has 4 nitrogen and oxygen atoms in total. The summed E-state index contributed by atoms with van der Waals surface area (Å²) in [5.41, 5.74) is 5.19. The van der Waals surface area contributed by atoms with E-state index in [1.165, 1.54) is 22.8 Å². The van der Waals surface area contributed by atoms with E-state index in [2.05, 4.69) is 24.4 Å². The molecule has 0 heterocycles. The van der Waals surface area contributed by atoms with Gasteiger partial charge in [-0.05, 0) is 49.6 Å². The molecule has 5 heteroatoms. The number of benzene rings is 2. The highest BCUT2D eigenvalue weighted by molar-refractivity contribution is 6.30. The van der Waals surface area contributed by atoms with Crippen molar-refractivity contribution in [3.05, 3.63) is 67.7 Å². The van der Waals surface area contributed by atoms with Gasteiger partial charge in [0.2, 0.25) is 0 Å². The fraction of sp³-hybridized carbons (Fsp3) is 0.250. The Labute approximate surface area is 128 Å². The Morgan fingerprint density at radius 3 is 2.33 bits per heavy atom. The molecule has 2 aromatic carbocycles. The van der Waals surface area contributed by atoms with Gasteiger partial charge in [-0.2, -0.15) is 0 Å². The number of rotatable bonds is 4. The molecule has 0 aromatic heterocycles. The monoisotopic (exact) mass is 304 g/mol. The highest BCUT2D eigenvalue weighted by Gasteiger charge is 2.14. The van der Waals surface area contributed by atoms with Crippen LogP contribution in [0.4, 0.5) is 11.4 Å². The number of anilines is 1. The molecule has 1 N–H and O–H groups in total. The summed E-state index contributed by atoms with van der Waals surface area (Å²) < 4.78 is 0. The van der Waals surface area contributed by atoms with Crippen LogP contribution in [-0.2, 0) is 6.54 Å². The number of nitro groups is 1. The van der Waals surface area contributed by atoms with Crippen molar-refractivity contribution in [3.63, 3.8) is 0 Å². The van der Waals surface area contributed by atoms with Crippen LogP contribution in [0.3, 0.4) is 0 Å². The van der Waals surface area contributed by atoms with Crippen LogP contribution in [-0.4, -0.2) is 4.92 Å². The average molecular weight is 305 g/mol. The van der Waals surface area contributed by atoms with Gasteiger partial charge in [0.05, 0.1) is 4.92 Å². The van der Waals surface area contributed by atoms with Gasteiger partial charge in [0, 0.05) is 17.6 Å². The van der Waals surface area contributed by atoms with Gasteiger partial charge in [-0.25, -0.2) is 0 Å². The van der Waals surface area contributed by atoms with Crippen molar-refractivity contribution in [1.29, 1.82) is 0 Å². The fourth-order valence-corrected chi connectivity index (χ4v) is 2.64. The quantitative estimate of drug-likeness (QED) is 0.653. The Morgan fingerprint density at radius 1 is 1.14 bits per heavy atom. The number of nitrogens with one attached hydrogen (secondary N) is 1. The first-order valence-corrected chi connectivity index (χ1v) is 7.01. The number of hydrogen-bond acceptors (Lipinski definition) is 3. The van der Waals surface area contributed by atoms with Crippen LogP contribution in [0.15, 0.2) is 30.3 Å². The minimum Gasteiger partial charge on any atom is -0.375 e. The molecule has 110 valence electrons. The van der Waals surface area contributed by atoms with E-state index in [0.29, 0.717) is 17.3 Å². The van der Waals surface area contributed by atoms with E-state index in [-0.39, 0.29) is 5.69 Å². The number of halogens is 1. The van der Waals surface area contributed by atoms with E-state index in [1.54, 1.807) is 12.1 Å². The summed E-state index contributed by atoms with van der Waals surface area (Å²) in [5.74, 6) is 0. The van der Waals surface area contributed by atoms with Crippen molar-refractivity contribution >= 4 is 23.0 Å². The molecular weight excluding hydrogens is 288 g/mol. The smallest absolute Gasteiger partial charge is 0.293 e. The lowest BCUT2D eigenvalue weighted by atomic mass is 10.00. The van der Waals surface area contributed by atoms with Crippen LogP contribution in [0, 0.1) is 30.9 Å². The number of nitro benzene ring substituents is 1. The van der Waals surface area contributed by atoms with E-state index in [9.17, 15) is 10.1 Å². The first-order valence-electron chi connectivity index (χ1n) is 6.63. The van der Waals surface area contributed by atoms with Crippen molar-refractivity contribution in [2.75, 3.05) is 5.32 Å². The Balaban J connectivity index is 2.27. The molecule has 0 fully saturated rings. The number of nitrogens with zero attached hydrogens (tertiary/aromatic N) is 1. The summed E-state index contributed by atoms with van der Waals surface area (Å²) in [6, 6.07) is 8.87. The van der Waals surface area contributed by atoms with E-state index in [4.69, 9.17) is 11.6 Å². The second kappa shape index (κ2) is 6.14. The normalized spacial score (nSPS) is 10.5. The highest BCUT2D eigenvalue weighted by atomic mass is 35.5. The van der Waals surface area contributed by atoms with E-state index in [1.807, 2.05) is 13.8 Å². The molecule has 21 heavy (non-hydrogen) atoms. The highest BCUT2D eigenvalue weighted by Crippen LogP contribution is 2.28. The minimum atomic E-state index is -0.428. The maximum atomic E-state index is 11.1. The molecule has 0 radical (unpaired) electrons. The number of hydrogen-bond donors (Lipinski definition) is 1. The third-order valence-electron chi connectivity index (χ3n) is 3.45. The molecule has 0 spiro atoms. The second-order valence-corrected chi connectivity index (χ2v) is 5.59. The molecule has 0 atom stereocenters. The van der Waals surface area contributed by atoms with Crippen molar-refractivity contribution < 1.29 is 4.92 Å². The SMILES string of the molecule is Cc1cc(C)c(CNc2ccc(Cl)cc2[N+](=O)[O-])c(C)c1. The van der Waals surface area contributed by atoms with Gasteiger partial charge in [-0.1, -0.05) is 29.3 Å². The fourth-order valence-electron chi connectivity index (χ4n) is 2.48. The predicted molar refractivity (Wildman–Crippen MR) is 86.1 cm³/mol. The van der Waals surface area contributed by atoms with Gasteiger partial charge in [0.15, 0.2) is 0 Å². The van der Waals surface area contributed by atoms with Crippen LogP contribution in [0.2, 0.25) is 5.02 Å². The van der Waals surface area contributed by atoms with Gasteiger partial charge in [0.1, 0.15) is 5.69 Å². The largest absolute Gasteiger partial charge is 0.375 e. The zero-order valence-corrected chi connectivity index (χ0v) is 13.0. The minimum absolute atomic E-state index is 0.00934. The first kappa shape index (κ1) is 15.3. The Bertz CT molecular complexity index is 676. The standard InChI is InChI=1S/C16H17ClN2O2/c1-10-6-11(2)14(12(3)7-10)9-18-15-5-4-13(17)8-16(15)19(20)21/h4-8,18H,9H2,1-3H3. The Hall–Kier alpha value is -2.07. The van der Waals surface area contributed by atoms with Crippen molar-refractivity contribution in [2.24, 2.45) is 0 Å². The van der Waals surface area contributed by atoms with Crippen LogP contribution in [0.5, 0.6) is 0 Å². The van der Waals surface area contributed by atoms with Gasteiger partial charge in [-0.3, -0.25) is 10.1 Å². The second-order valence-electron chi connectivity index (χ2n) is 5.15. The lowest BCUT2D eigenvalue weighted by Gasteiger charge is -2.13. The molecule has 0 unspecified atom stereocenters. The summed E-state index contributed by atoms with van der Waals surface area (Å²) in [6.45, 7) is 6.70. The summed E-state index contributed by atoms with van der Waals surface area (Å²) in [6.07, 6.45) is 0. The van der Waals surface area contributed by atoms with Crippen LogP contribution < -0.4 is 5.32 Å². The van der Waals surface area contributed by atoms with Gasteiger partial charge >= 0.3 is 0 Å². The molecule has 2 rings (SSSR count). The molecular formula is C16H17ClN2O2. The lowest BCUT2D eigenvalue weighted by molar-refractivity contribution is -0.383. The van der Waals surface area contributed by atoms with Crippen LogP contribution in [0.25, 0.3) is 0 Å². The third kappa shape index (κ3) is 3.52. The van der Waals surface area contributed by atoms with Crippen LogP contribution in [0.1, 0.15) is 22.3 Å². The molecule has 0 saturated heterocycles. The van der Waals surface area contributed by atoms with Gasteiger partial charge < -0.3 is 5.32 Å². The molecule has 0 amide bonds. The Kier molecular flexibility index (Phi) is 4.48. The molecule has 0 aliphatic heterocycles. The van der Waals surface area contributed by atoms with Crippen molar-refractivity contribution in [1.82, 2.24) is 0 Å². The summed E-state index contributed by atoms with van der Waals surface area (Å²) in [5, 5.41) is 14.6. The molecule has 0 aliphatic carbocycles.